The van der Waals surface area contributed by atoms with Crippen LogP contribution in [0.15, 0.2) is 17.8 Å². The summed E-state index contributed by atoms with van der Waals surface area (Å²) in [5, 5.41) is 12.5. The van der Waals surface area contributed by atoms with Crippen molar-refractivity contribution in [3.05, 3.63) is 23.5 Å². The fraction of sp³-hybridized carbons (Fsp3) is 0.250. The molecule has 0 aliphatic rings. The van der Waals surface area contributed by atoms with E-state index in [1.165, 1.54) is 0 Å². The van der Waals surface area contributed by atoms with Crippen molar-refractivity contribution in [2.24, 2.45) is 7.05 Å². The maximum atomic E-state index is 8.45. The van der Waals surface area contributed by atoms with Gasteiger partial charge in [-0.05, 0) is 19.1 Å². The van der Waals surface area contributed by atoms with Crippen molar-refractivity contribution >= 4 is 6.08 Å². The zero-order valence-corrected chi connectivity index (χ0v) is 6.57. The predicted molar refractivity (Wildman–Crippen MR) is 42.5 cm³/mol. The highest BCUT2D eigenvalue weighted by molar-refractivity contribution is 5.52. The molecule has 0 unspecified atom stereocenters. The first-order valence-electron chi connectivity index (χ1n) is 3.30. The van der Waals surface area contributed by atoms with E-state index in [2.05, 4.69) is 5.10 Å². The highest BCUT2D eigenvalue weighted by atomic mass is 15.2. The third kappa shape index (κ3) is 1.94. The van der Waals surface area contributed by atoms with Gasteiger partial charge in [-0.15, -0.1) is 0 Å². The number of hydrogen-bond donors (Lipinski definition) is 0. The van der Waals surface area contributed by atoms with Crippen molar-refractivity contribution in [3.8, 4) is 6.07 Å². The summed E-state index contributed by atoms with van der Waals surface area (Å²) in [7, 11) is 1.85. The van der Waals surface area contributed by atoms with Crippen LogP contribution in [0.3, 0.4) is 0 Å². The number of hydrogen-bond acceptors (Lipinski definition) is 2. The lowest BCUT2D eigenvalue weighted by Crippen LogP contribution is -1.87. The maximum absolute atomic E-state index is 8.45. The Balaban J connectivity index is 2.89. The molecule has 0 amide bonds. The third-order valence-electron chi connectivity index (χ3n) is 1.27. The Hall–Kier alpha value is -1.56. The Bertz CT molecular complexity index is 314. The Kier molecular flexibility index (Phi) is 2.07. The Labute approximate surface area is 65.6 Å². The first kappa shape index (κ1) is 7.55. The summed E-state index contributed by atoms with van der Waals surface area (Å²) in [5.41, 5.74) is 1.50. The molecule has 0 aliphatic carbocycles. The van der Waals surface area contributed by atoms with Crippen molar-refractivity contribution in [1.29, 1.82) is 5.26 Å². The molecule has 0 atom stereocenters. The van der Waals surface area contributed by atoms with E-state index in [1.807, 2.05) is 25.4 Å². The predicted octanol–water partition coefficient (Wildman–Crippen LogP) is 1.35. The van der Waals surface area contributed by atoms with Gasteiger partial charge >= 0.3 is 0 Å². The summed E-state index contributed by atoms with van der Waals surface area (Å²) in [6, 6.07) is 3.90. The minimum atomic E-state index is 0.670. The van der Waals surface area contributed by atoms with Crippen LogP contribution in [-0.2, 0) is 7.05 Å². The second kappa shape index (κ2) is 3.02. The molecule has 0 saturated carbocycles. The van der Waals surface area contributed by atoms with E-state index in [-0.39, 0.29) is 0 Å². The van der Waals surface area contributed by atoms with E-state index in [0.717, 1.165) is 5.69 Å². The van der Waals surface area contributed by atoms with E-state index < -0.39 is 0 Å². The summed E-state index contributed by atoms with van der Waals surface area (Å²) in [4.78, 5) is 0. The smallest absolute Gasteiger partial charge is 0.0944 e. The fourth-order valence-electron chi connectivity index (χ4n) is 0.764. The van der Waals surface area contributed by atoms with Crippen LogP contribution in [0.5, 0.6) is 0 Å². The molecule has 0 N–H and O–H groups in total. The number of aromatic nitrogens is 2. The van der Waals surface area contributed by atoms with E-state index >= 15 is 0 Å². The first-order chi connectivity index (χ1) is 5.22. The average Bonchev–Trinajstić information content (AvgIpc) is 2.35. The second-order valence-corrected chi connectivity index (χ2v) is 2.35. The Morgan fingerprint density at radius 2 is 2.55 bits per heavy atom. The zero-order valence-electron chi connectivity index (χ0n) is 6.57. The van der Waals surface area contributed by atoms with Crippen LogP contribution in [-0.4, -0.2) is 9.78 Å². The summed E-state index contributed by atoms with van der Waals surface area (Å²) in [5.74, 6) is 0. The first-order valence-corrected chi connectivity index (χ1v) is 3.30. The highest BCUT2D eigenvalue weighted by Crippen LogP contribution is 2.01. The van der Waals surface area contributed by atoms with Crippen molar-refractivity contribution in [2.45, 2.75) is 6.92 Å². The molecule has 1 rings (SSSR count). The molecule has 56 valence electrons. The maximum Gasteiger partial charge on any atom is 0.0944 e. The van der Waals surface area contributed by atoms with Crippen molar-refractivity contribution < 1.29 is 0 Å². The van der Waals surface area contributed by atoms with Gasteiger partial charge in [-0.2, -0.15) is 10.4 Å². The molecule has 1 heterocycles. The van der Waals surface area contributed by atoms with Gasteiger partial charge in [0, 0.05) is 18.8 Å². The fourth-order valence-corrected chi connectivity index (χ4v) is 0.764. The van der Waals surface area contributed by atoms with Crippen molar-refractivity contribution in [3.63, 3.8) is 0 Å². The van der Waals surface area contributed by atoms with Crippen molar-refractivity contribution in [2.75, 3.05) is 0 Å². The molecular formula is C8H9N3. The van der Waals surface area contributed by atoms with Crippen LogP contribution in [0.25, 0.3) is 6.08 Å². The molecular weight excluding hydrogens is 138 g/mol. The van der Waals surface area contributed by atoms with Gasteiger partial charge in [0.05, 0.1) is 11.8 Å². The van der Waals surface area contributed by atoms with Gasteiger partial charge in [-0.25, -0.2) is 0 Å². The minimum Gasteiger partial charge on any atom is -0.275 e. The highest BCUT2D eigenvalue weighted by Gasteiger charge is 1.91. The number of rotatable bonds is 1. The van der Waals surface area contributed by atoms with Gasteiger partial charge in [0.1, 0.15) is 0 Å². The molecule has 3 nitrogen and oxygen atoms in total. The van der Waals surface area contributed by atoms with Crippen LogP contribution in [0.1, 0.15) is 12.6 Å². The molecule has 0 aliphatic heterocycles. The van der Waals surface area contributed by atoms with Crippen LogP contribution >= 0.6 is 0 Å². The molecule has 1 aromatic heterocycles. The monoisotopic (exact) mass is 147 g/mol. The van der Waals surface area contributed by atoms with E-state index in [9.17, 15) is 0 Å². The largest absolute Gasteiger partial charge is 0.275 e. The standard InChI is InChI=1S/C8H9N3/c1-7(6-9)5-8-3-4-11(2)10-8/h3-5H,1-2H3/b7-5-. The molecule has 11 heavy (non-hydrogen) atoms. The molecule has 0 spiro atoms. The second-order valence-electron chi connectivity index (χ2n) is 2.35. The van der Waals surface area contributed by atoms with Gasteiger partial charge < -0.3 is 0 Å². The van der Waals surface area contributed by atoms with Gasteiger partial charge in [0.15, 0.2) is 0 Å². The average molecular weight is 147 g/mol. The zero-order chi connectivity index (χ0) is 8.27. The van der Waals surface area contributed by atoms with Crippen molar-refractivity contribution in [1.82, 2.24) is 9.78 Å². The van der Waals surface area contributed by atoms with Gasteiger partial charge in [0.2, 0.25) is 0 Å². The topological polar surface area (TPSA) is 41.6 Å². The SMILES string of the molecule is C/C(C#N)=C/c1ccn(C)n1. The summed E-state index contributed by atoms with van der Waals surface area (Å²) in [6.45, 7) is 1.76. The lowest BCUT2D eigenvalue weighted by Gasteiger charge is -1.84. The molecule has 0 fully saturated rings. The van der Waals surface area contributed by atoms with Crippen LogP contribution in [0, 0.1) is 11.3 Å². The minimum absolute atomic E-state index is 0.670. The quantitative estimate of drug-likeness (QED) is 0.562. The lowest BCUT2D eigenvalue weighted by atomic mass is 10.3. The van der Waals surface area contributed by atoms with Crippen LogP contribution < -0.4 is 0 Å². The number of nitriles is 1. The summed E-state index contributed by atoms with van der Waals surface area (Å²) < 4.78 is 1.70. The summed E-state index contributed by atoms with van der Waals surface area (Å²) >= 11 is 0. The lowest BCUT2D eigenvalue weighted by molar-refractivity contribution is 0.764. The van der Waals surface area contributed by atoms with E-state index in [1.54, 1.807) is 17.7 Å². The van der Waals surface area contributed by atoms with Gasteiger partial charge in [0.25, 0.3) is 0 Å². The van der Waals surface area contributed by atoms with E-state index in [0.29, 0.717) is 5.57 Å². The number of nitrogens with zero attached hydrogens (tertiary/aromatic N) is 3. The normalized spacial score (nSPS) is 11.2. The number of aryl methyl sites for hydroxylation is 1. The Morgan fingerprint density at radius 1 is 1.82 bits per heavy atom. The van der Waals surface area contributed by atoms with Gasteiger partial charge in [-0.3, -0.25) is 4.68 Å². The number of allylic oxidation sites excluding steroid dienone is 1. The van der Waals surface area contributed by atoms with E-state index in [4.69, 9.17) is 5.26 Å². The van der Waals surface area contributed by atoms with Crippen LogP contribution in [0.2, 0.25) is 0 Å². The molecule has 0 bridgehead atoms. The molecule has 1 aromatic rings. The molecule has 0 aromatic carbocycles. The molecule has 0 saturated heterocycles. The third-order valence-corrected chi connectivity index (χ3v) is 1.27. The van der Waals surface area contributed by atoms with Gasteiger partial charge in [-0.1, -0.05) is 0 Å². The summed E-state index contributed by atoms with van der Waals surface area (Å²) in [6.07, 6.45) is 3.59. The Morgan fingerprint density at radius 3 is 3.00 bits per heavy atom. The molecule has 3 heteroatoms. The van der Waals surface area contributed by atoms with Crippen LogP contribution in [0.4, 0.5) is 0 Å². The molecule has 0 radical (unpaired) electrons.